The summed E-state index contributed by atoms with van der Waals surface area (Å²) in [5.41, 5.74) is 1.41. The van der Waals surface area contributed by atoms with Gasteiger partial charge in [0.05, 0.1) is 23.7 Å². The molecular weight excluding hydrogens is 496 g/mol. The van der Waals surface area contributed by atoms with Crippen LogP contribution in [0.4, 0.5) is 5.13 Å². The van der Waals surface area contributed by atoms with E-state index in [-0.39, 0.29) is 18.3 Å². The number of thiazole rings is 1. The molecule has 2 heterocycles. The van der Waals surface area contributed by atoms with E-state index in [0.29, 0.717) is 23.0 Å². The van der Waals surface area contributed by atoms with Crippen LogP contribution in [0, 0.1) is 0 Å². The minimum atomic E-state index is -0.104. The highest BCUT2D eigenvalue weighted by atomic mass is 35.5. The van der Waals surface area contributed by atoms with Gasteiger partial charge in [-0.25, -0.2) is 9.97 Å². The molecule has 0 aliphatic rings. The van der Waals surface area contributed by atoms with E-state index >= 15 is 0 Å². The first-order valence-corrected chi connectivity index (χ1v) is 12.1. The lowest BCUT2D eigenvalue weighted by Gasteiger charge is -2.20. The summed E-state index contributed by atoms with van der Waals surface area (Å²) in [4.78, 5) is 24.2. The molecule has 0 aliphatic carbocycles. The third-order valence-electron chi connectivity index (χ3n) is 5.50. The van der Waals surface area contributed by atoms with Crippen molar-refractivity contribution in [2.24, 2.45) is 0 Å². The number of rotatable bonds is 9. The van der Waals surface area contributed by atoms with Crippen LogP contribution >= 0.6 is 23.7 Å². The highest BCUT2D eigenvalue weighted by Crippen LogP contribution is 2.32. The molecule has 2 aromatic heterocycles. The zero-order chi connectivity index (χ0) is 24.0. The number of hydrogen-bond donors (Lipinski definition) is 0. The molecule has 0 saturated carbocycles. The monoisotopic (exact) mass is 520 g/mol. The van der Waals surface area contributed by atoms with Crippen molar-refractivity contribution in [3.05, 3.63) is 97.1 Å². The highest BCUT2D eigenvalue weighted by Gasteiger charge is 2.21. The van der Waals surface area contributed by atoms with E-state index in [2.05, 4.69) is 4.98 Å². The Morgan fingerprint density at radius 2 is 1.75 bits per heavy atom. The molecule has 0 atom stereocenters. The molecule has 0 bridgehead atoms. The average Bonchev–Trinajstić information content (AvgIpc) is 3.57. The maximum Gasteiger partial charge on any atom is 0.260 e. The predicted octanol–water partition coefficient (Wildman–Crippen LogP) is 6.45. The number of halogens is 1. The van der Waals surface area contributed by atoms with Crippen LogP contribution in [0.3, 0.4) is 0 Å². The number of imidazole rings is 1. The fourth-order valence-corrected chi connectivity index (χ4v) is 4.71. The van der Waals surface area contributed by atoms with E-state index in [4.69, 9.17) is 14.5 Å². The number of benzene rings is 3. The number of ether oxygens (including phenoxy) is 2. The van der Waals surface area contributed by atoms with Gasteiger partial charge in [0.15, 0.2) is 5.13 Å². The molecule has 3 aromatic carbocycles. The van der Waals surface area contributed by atoms with E-state index in [0.717, 1.165) is 34.7 Å². The maximum atomic E-state index is 13.6. The third kappa shape index (κ3) is 5.84. The Labute approximate surface area is 219 Å². The summed E-state index contributed by atoms with van der Waals surface area (Å²) in [6.45, 7) is 1.28. The molecule has 184 valence electrons. The lowest BCUT2D eigenvalue weighted by atomic mass is 10.2. The van der Waals surface area contributed by atoms with Gasteiger partial charge in [-0.05, 0) is 61.0 Å². The summed E-state index contributed by atoms with van der Waals surface area (Å²) in [6, 6.07) is 22.5. The van der Waals surface area contributed by atoms with Gasteiger partial charge in [0.1, 0.15) is 17.2 Å². The minimum Gasteiger partial charge on any atom is -0.497 e. The molecule has 0 spiro atoms. The number of anilines is 1. The van der Waals surface area contributed by atoms with Crippen LogP contribution in [-0.2, 0) is 6.54 Å². The number of aryl methyl sites for hydroxylation is 1. The van der Waals surface area contributed by atoms with E-state index in [1.54, 1.807) is 36.7 Å². The first-order valence-electron chi connectivity index (χ1n) is 11.2. The Hall–Kier alpha value is -3.88. The van der Waals surface area contributed by atoms with Gasteiger partial charge in [0.2, 0.25) is 0 Å². The molecule has 9 heteroatoms. The number of carbonyl (C=O) groups excluding carboxylic acids is 1. The van der Waals surface area contributed by atoms with Gasteiger partial charge in [-0.3, -0.25) is 9.69 Å². The van der Waals surface area contributed by atoms with Crippen LogP contribution in [-0.4, -0.2) is 34.1 Å². The molecule has 7 nitrogen and oxygen atoms in total. The van der Waals surface area contributed by atoms with Crippen LogP contribution in [0.15, 0.2) is 91.5 Å². The number of hydrogen-bond acceptors (Lipinski definition) is 6. The molecule has 0 N–H and O–H groups in total. The van der Waals surface area contributed by atoms with Crippen molar-refractivity contribution in [2.75, 3.05) is 18.6 Å². The second kappa shape index (κ2) is 11.7. The zero-order valence-corrected chi connectivity index (χ0v) is 21.2. The predicted molar refractivity (Wildman–Crippen MR) is 145 cm³/mol. The molecule has 0 unspecified atom stereocenters. The average molecular weight is 521 g/mol. The van der Waals surface area contributed by atoms with Crippen LogP contribution < -0.4 is 14.4 Å². The minimum absolute atomic E-state index is 0. The number of fused-ring (bicyclic) bond motifs is 1. The Morgan fingerprint density at radius 1 is 1.00 bits per heavy atom. The van der Waals surface area contributed by atoms with Crippen molar-refractivity contribution in [3.63, 3.8) is 0 Å². The van der Waals surface area contributed by atoms with E-state index in [1.165, 1.54) is 11.3 Å². The summed E-state index contributed by atoms with van der Waals surface area (Å²) in [5.74, 6) is 2.08. The zero-order valence-electron chi connectivity index (χ0n) is 19.6. The second-order valence-electron chi connectivity index (χ2n) is 7.88. The molecular formula is C27H25ClN4O3S. The van der Waals surface area contributed by atoms with Crippen molar-refractivity contribution >= 4 is 45.0 Å². The summed E-state index contributed by atoms with van der Waals surface area (Å²) < 4.78 is 14.2. The van der Waals surface area contributed by atoms with Gasteiger partial charge < -0.3 is 14.0 Å². The van der Waals surface area contributed by atoms with E-state index < -0.39 is 0 Å². The van der Waals surface area contributed by atoms with Crippen LogP contribution in [0.2, 0.25) is 0 Å². The van der Waals surface area contributed by atoms with Gasteiger partial charge in [-0.15, -0.1) is 12.4 Å². The van der Waals surface area contributed by atoms with Crippen molar-refractivity contribution in [1.29, 1.82) is 0 Å². The number of carbonyl (C=O) groups is 1. The molecule has 0 fully saturated rings. The fourth-order valence-electron chi connectivity index (χ4n) is 3.70. The molecule has 1 amide bonds. The van der Waals surface area contributed by atoms with Crippen molar-refractivity contribution in [3.8, 4) is 17.2 Å². The van der Waals surface area contributed by atoms with E-state index in [1.807, 2.05) is 71.4 Å². The van der Waals surface area contributed by atoms with Crippen molar-refractivity contribution in [2.45, 2.75) is 13.0 Å². The summed E-state index contributed by atoms with van der Waals surface area (Å²) in [7, 11) is 1.64. The summed E-state index contributed by atoms with van der Waals surface area (Å²) >= 11 is 1.48. The van der Waals surface area contributed by atoms with Crippen molar-refractivity contribution < 1.29 is 14.3 Å². The lowest BCUT2D eigenvalue weighted by Crippen LogP contribution is -2.32. The molecule has 0 aliphatic heterocycles. The Morgan fingerprint density at radius 3 is 2.47 bits per heavy atom. The normalized spacial score (nSPS) is 10.6. The van der Waals surface area contributed by atoms with Gasteiger partial charge in [-0.2, -0.15) is 0 Å². The number of methoxy groups -OCH3 is 1. The van der Waals surface area contributed by atoms with Crippen LogP contribution in [0.5, 0.6) is 17.2 Å². The number of para-hydroxylation sites is 1. The third-order valence-corrected chi connectivity index (χ3v) is 6.54. The molecule has 5 rings (SSSR count). The molecule has 0 radical (unpaired) electrons. The SMILES string of the molecule is COc1ccc2nc(N(CCCn3ccnc3)C(=O)c3ccc(Oc4ccccc4)cc3)sc2c1.Cl. The standard InChI is InChI=1S/C27H24N4O3S.ClH/c1-33-23-12-13-24-25(18-23)35-27(29-24)31(16-5-15-30-17-14-28-19-30)26(32)20-8-10-22(11-9-20)34-21-6-3-2-4-7-21;/h2-4,6-14,17-19H,5,15-16H2,1H3;1H. The Bertz CT molecular complexity index is 1410. The van der Waals surface area contributed by atoms with E-state index in [9.17, 15) is 4.79 Å². The quantitative estimate of drug-likeness (QED) is 0.223. The number of aromatic nitrogens is 3. The Balaban J connectivity index is 0.00000304. The number of amides is 1. The molecule has 0 saturated heterocycles. The van der Waals surface area contributed by atoms with Crippen molar-refractivity contribution in [1.82, 2.24) is 14.5 Å². The Kier molecular flexibility index (Phi) is 8.20. The fraction of sp³-hybridized carbons (Fsp3) is 0.148. The van der Waals surface area contributed by atoms with Crippen LogP contribution in [0.1, 0.15) is 16.8 Å². The summed E-state index contributed by atoms with van der Waals surface area (Å²) in [6.07, 6.45) is 6.21. The first kappa shape index (κ1) is 25.2. The summed E-state index contributed by atoms with van der Waals surface area (Å²) in [5, 5.41) is 0.661. The smallest absolute Gasteiger partial charge is 0.260 e. The second-order valence-corrected chi connectivity index (χ2v) is 8.89. The topological polar surface area (TPSA) is 69.5 Å². The largest absolute Gasteiger partial charge is 0.497 e. The van der Waals surface area contributed by atoms with Gasteiger partial charge >= 0.3 is 0 Å². The van der Waals surface area contributed by atoms with Gasteiger partial charge in [0, 0.05) is 31.0 Å². The maximum absolute atomic E-state index is 13.6. The lowest BCUT2D eigenvalue weighted by molar-refractivity contribution is 0.0986. The van der Waals surface area contributed by atoms with Gasteiger partial charge in [0.25, 0.3) is 5.91 Å². The van der Waals surface area contributed by atoms with Gasteiger partial charge in [-0.1, -0.05) is 29.5 Å². The number of nitrogens with zero attached hydrogens (tertiary/aromatic N) is 4. The highest BCUT2D eigenvalue weighted by molar-refractivity contribution is 7.22. The first-order chi connectivity index (χ1) is 17.2. The molecule has 5 aromatic rings. The van der Waals surface area contributed by atoms with Crippen LogP contribution in [0.25, 0.3) is 10.2 Å². The molecule has 36 heavy (non-hydrogen) atoms.